The molecule has 1 aromatic carbocycles. The van der Waals surface area contributed by atoms with Gasteiger partial charge < -0.3 is 10.1 Å². The number of carbonyl (C=O) groups excluding carboxylic acids is 1. The number of hydrogen-bond donors (Lipinski definition) is 1. The zero-order valence-corrected chi connectivity index (χ0v) is 13.7. The molecule has 0 saturated heterocycles. The van der Waals surface area contributed by atoms with Gasteiger partial charge in [-0.2, -0.15) is 10.1 Å². The molecule has 2 unspecified atom stereocenters. The molecule has 2 aromatic heterocycles. The minimum Gasteiger partial charge on any atom is -0.465 e. The maximum Gasteiger partial charge on any atom is 0.317 e. The summed E-state index contributed by atoms with van der Waals surface area (Å²) in [5.41, 5.74) is 2.37. The molecule has 0 fully saturated rings. The van der Waals surface area contributed by atoms with Gasteiger partial charge in [0.15, 0.2) is 0 Å². The van der Waals surface area contributed by atoms with Crippen molar-refractivity contribution >= 4 is 22.8 Å². The molecular formula is C18H17N5O2. The first-order chi connectivity index (χ1) is 12.2. The van der Waals surface area contributed by atoms with Gasteiger partial charge in [0.25, 0.3) is 0 Å². The molecule has 2 atom stereocenters. The standard InChI is InChI=1S/C18H17N5O2/c1-3-25-17(24)15-11(2)22-18-20-10-21-23(18)16(15)13-6-7-14-12(9-13)5-4-8-19-14/h4-10,15-16H,2-3H2,1H3,(H,20,21,22). The first-order valence-electron chi connectivity index (χ1n) is 8.05. The van der Waals surface area contributed by atoms with Gasteiger partial charge in [-0.25, -0.2) is 4.68 Å². The molecule has 0 amide bonds. The van der Waals surface area contributed by atoms with Crippen LogP contribution < -0.4 is 5.32 Å². The number of rotatable bonds is 3. The molecule has 1 aliphatic heterocycles. The Balaban J connectivity index is 1.87. The number of carbonyl (C=O) groups is 1. The first-order valence-corrected chi connectivity index (χ1v) is 8.05. The Labute approximate surface area is 144 Å². The minimum atomic E-state index is -0.594. The van der Waals surface area contributed by atoms with E-state index in [1.54, 1.807) is 17.8 Å². The van der Waals surface area contributed by atoms with Crippen molar-refractivity contribution in [1.29, 1.82) is 0 Å². The van der Waals surface area contributed by atoms with Crippen LogP contribution >= 0.6 is 0 Å². The van der Waals surface area contributed by atoms with Crippen LogP contribution in [0.1, 0.15) is 18.5 Å². The zero-order valence-electron chi connectivity index (χ0n) is 13.7. The Hall–Kier alpha value is -3.22. The van der Waals surface area contributed by atoms with Crippen molar-refractivity contribution in [2.75, 3.05) is 11.9 Å². The molecular weight excluding hydrogens is 318 g/mol. The third kappa shape index (κ3) is 2.53. The first kappa shape index (κ1) is 15.3. The van der Waals surface area contributed by atoms with Crippen LogP contribution in [0.3, 0.4) is 0 Å². The molecule has 25 heavy (non-hydrogen) atoms. The van der Waals surface area contributed by atoms with Crippen molar-refractivity contribution in [2.45, 2.75) is 13.0 Å². The second-order valence-corrected chi connectivity index (χ2v) is 5.81. The average Bonchev–Trinajstić information content (AvgIpc) is 3.08. The van der Waals surface area contributed by atoms with Crippen LogP contribution in [0.2, 0.25) is 0 Å². The summed E-state index contributed by atoms with van der Waals surface area (Å²) >= 11 is 0. The van der Waals surface area contributed by atoms with Crippen LogP contribution in [0.4, 0.5) is 5.95 Å². The summed E-state index contributed by atoms with van der Waals surface area (Å²) in [4.78, 5) is 21.1. The number of nitrogens with zero attached hydrogens (tertiary/aromatic N) is 4. The number of esters is 1. The predicted molar refractivity (Wildman–Crippen MR) is 92.8 cm³/mol. The molecule has 0 saturated carbocycles. The fourth-order valence-electron chi connectivity index (χ4n) is 3.21. The van der Waals surface area contributed by atoms with Gasteiger partial charge in [0.2, 0.25) is 5.95 Å². The Morgan fingerprint density at radius 2 is 2.24 bits per heavy atom. The van der Waals surface area contributed by atoms with Crippen LogP contribution in [0.25, 0.3) is 10.9 Å². The molecule has 3 aromatic rings. The van der Waals surface area contributed by atoms with Crippen molar-refractivity contribution in [3.05, 3.63) is 60.7 Å². The van der Waals surface area contributed by atoms with Crippen molar-refractivity contribution in [3.63, 3.8) is 0 Å². The highest BCUT2D eigenvalue weighted by Gasteiger charge is 2.40. The molecule has 1 aliphatic rings. The van der Waals surface area contributed by atoms with E-state index in [0.717, 1.165) is 16.5 Å². The molecule has 7 nitrogen and oxygen atoms in total. The number of anilines is 1. The maximum atomic E-state index is 12.6. The van der Waals surface area contributed by atoms with E-state index in [1.165, 1.54) is 6.33 Å². The topological polar surface area (TPSA) is 81.9 Å². The van der Waals surface area contributed by atoms with E-state index in [1.807, 2.05) is 30.3 Å². The number of pyridine rings is 1. The second-order valence-electron chi connectivity index (χ2n) is 5.81. The Morgan fingerprint density at radius 1 is 1.36 bits per heavy atom. The summed E-state index contributed by atoms with van der Waals surface area (Å²) in [6, 6.07) is 9.41. The van der Waals surface area contributed by atoms with Gasteiger partial charge in [-0.05, 0) is 30.7 Å². The van der Waals surface area contributed by atoms with Gasteiger partial charge in [0, 0.05) is 17.3 Å². The summed E-state index contributed by atoms with van der Waals surface area (Å²) in [6.45, 7) is 6.10. The Morgan fingerprint density at radius 3 is 3.08 bits per heavy atom. The van der Waals surface area contributed by atoms with E-state index in [2.05, 4.69) is 27.0 Å². The van der Waals surface area contributed by atoms with Crippen LogP contribution in [0.5, 0.6) is 0 Å². The molecule has 126 valence electrons. The predicted octanol–water partition coefficient (Wildman–Crippen LogP) is 2.53. The Bertz CT molecular complexity index is 965. The van der Waals surface area contributed by atoms with Crippen molar-refractivity contribution in [3.8, 4) is 0 Å². The van der Waals surface area contributed by atoms with E-state index in [4.69, 9.17) is 4.74 Å². The lowest BCUT2D eigenvalue weighted by atomic mass is 9.88. The third-order valence-corrected chi connectivity index (χ3v) is 4.31. The largest absolute Gasteiger partial charge is 0.465 e. The lowest BCUT2D eigenvalue weighted by Gasteiger charge is -2.33. The molecule has 7 heteroatoms. The molecule has 3 heterocycles. The number of nitrogens with one attached hydrogen (secondary N) is 1. The van der Waals surface area contributed by atoms with Gasteiger partial charge in [0.1, 0.15) is 12.2 Å². The number of hydrogen-bond acceptors (Lipinski definition) is 6. The van der Waals surface area contributed by atoms with E-state index >= 15 is 0 Å². The molecule has 0 spiro atoms. The number of aromatic nitrogens is 4. The number of fused-ring (bicyclic) bond motifs is 2. The van der Waals surface area contributed by atoms with Crippen molar-refractivity contribution < 1.29 is 9.53 Å². The van der Waals surface area contributed by atoms with Gasteiger partial charge >= 0.3 is 5.97 Å². The van der Waals surface area contributed by atoms with Crippen LogP contribution in [-0.2, 0) is 9.53 Å². The fraction of sp³-hybridized carbons (Fsp3) is 0.222. The van der Waals surface area contributed by atoms with E-state index in [-0.39, 0.29) is 12.0 Å². The molecule has 0 aliphatic carbocycles. The fourth-order valence-corrected chi connectivity index (χ4v) is 3.21. The van der Waals surface area contributed by atoms with Crippen molar-refractivity contribution in [2.24, 2.45) is 5.92 Å². The SMILES string of the molecule is C=C1Nc2ncnn2C(c2ccc3ncccc3c2)C1C(=O)OCC. The zero-order chi connectivity index (χ0) is 17.4. The lowest BCUT2D eigenvalue weighted by Crippen LogP contribution is -2.37. The van der Waals surface area contributed by atoms with Crippen LogP contribution in [-0.4, -0.2) is 32.3 Å². The maximum absolute atomic E-state index is 12.6. The lowest BCUT2D eigenvalue weighted by molar-refractivity contribution is -0.147. The van der Waals surface area contributed by atoms with Crippen LogP contribution in [0.15, 0.2) is 55.1 Å². The summed E-state index contributed by atoms with van der Waals surface area (Å²) in [7, 11) is 0. The van der Waals surface area contributed by atoms with Crippen LogP contribution in [0, 0.1) is 5.92 Å². The molecule has 4 rings (SSSR count). The Kier molecular flexibility index (Phi) is 3.68. The number of ether oxygens (including phenoxy) is 1. The van der Waals surface area contributed by atoms with Gasteiger partial charge in [-0.3, -0.25) is 9.78 Å². The average molecular weight is 335 g/mol. The summed E-state index contributed by atoms with van der Waals surface area (Å²) in [5, 5.41) is 8.34. The smallest absolute Gasteiger partial charge is 0.317 e. The summed E-state index contributed by atoms with van der Waals surface area (Å²) in [6.07, 6.45) is 3.21. The molecule has 0 bridgehead atoms. The van der Waals surface area contributed by atoms with E-state index in [9.17, 15) is 4.79 Å². The normalized spacial score (nSPS) is 19.3. The third-order valence-electron chi connectivity index (χ3n) is 4.31. The van der Waals surface area contributed by atoms with Gasteiger partial charge in [-0.15, -0.1) is 0 Å². The summed E-state index contributed by atoms with van der Waals surface area (Å²) < 4.78 is 6.97. The van der Waals surface area contributed by atoms with Gasteiger partial charge in [-0.1, -0.05) is 18.7 Å². The number of benzene rings is 1. The monoisotopic (exact) mass is 335 g/mol. The van der Waals surface area contributed by atoms with Gasteiger partial charge in [0.05, 0.1) is 18.2 Å². The van der Waals surface area contributed by atoms with E-state index < -0.39 is 5.92 Å². The second kappa shape index (κ2) is 6.01. The van der Waals surface area contributed by atoms with Crippen molar-refractivity contribution in [1.82, 2.24) is 19.7 Å². The molecule has 0 radical (unpaired) electrons. The minimum absolute atomic E-state index is 0.307. The summed E-state index contributed by atoms with van der Waals surface area (Å²) in [5.74, 6) is -0.373. The highest BCUT2D eigenvalue weighted by molar-refractivity contribution is 5.81. The molecule has 1 N–H and O–H groups in total. The highest BCUT2D eigenvalue weighted by atomic mass is 16.5. The van der Waals surface area contributed by atoms with E-state index in [0.29, 0.717) is 18.3 Å². The quantitative estimate of drug-likeness (QED) is 0.741. The highest BCUT2D eigenvalue weighted by Crippen LogP contribution is 2.38.